The Kier molecular flexibility index (Phi) is 5.10. The maximum atomic E-state index is 13.1. The summed E-state index contributed by atoms with van der Waals surface area (Å²) in [5.74, 6) is -2.13. The van der Waals surface area contributed by atoms with E-state index in [1.165, 1.54) is 13.8 Å². The van der Waals surface area contributed by atoms with E-state index in [1.807, 2.05) is 0 Å². The Balaban J connectivity index is 5.10. The van der Waals surface area contributed by atoms with E-state index in [0.717, 1.165) is 6.92 Å². The average molecular weight is 250 g/mol. The number of aliphatic imine (C=N–C) groups is 2. The molecular formula is C9H13ClFN3O2. The number of nitrogens with one attached hydrogen (secondary N) is 1. The van der Waals surface area contributed by atoms with Gasteiger partial charge >= 0.3 is 5.97 Å². The highest BCUT2D eigenvalue weighted by Gasteiger charge is 2.28. The van der Waals surface area contributed by atoms with E-state index in [4.69, 9.17) is 16.7 Å². The van der Waals surface area contributed by atoms with Crippen LogP contribution < -0.4 is 5.32 Å². The largest absolute Gasteiger partial charge is 0.480 e. The van der Waals surface area contributed by atoms with Gasteiger partial charge in [0.1, 0.15) is 11.4 Å². The van der Waals surface area contributed by atoms with E-state index in [2.05, 4.69) is 22.0 Å². The molecule has 0 radical (unpaired) electrons. The lowest BCUT2D eigenvalue weighted by Gasteiger charge is -2.22. The number of allylic oxidation sites excluding steroid dienone is 1. The first-order valence-electron chi connectivity index (χ1n) is 4.29. The monoisotopic (exact) mass is 249 g/mol. The number of carbonyl (C=O) groups is 1. The second-order valence-electron chi connectivity index (χ2n) is 3.48. The summed E-state index contributed by atoms with van der Waals surface area (Å²) in [6, 6.07) is 0. The van der Waals surface area contributed by atoms with Gasteiger partial charge in [-0.2, -0.15) is 4.99 Å². The standard InChI is InChI=1S/C9H13ClFN3O2/c1-5(11)6(13-8(10)12-4)14-9(2,3)7(15)16/h14H,4H2,1-3H3,(H,15,16)/b6-5-,13-8?. The SMILES string of the molecule is C=NC(Cl)=N/C(NC(C)(C)C(=O)O)=C(\C)F. The van der Waals surface area contributed by atoms with Crippen molar-refractivity contribution in [1.29, 1.82) is 0 Å². The average Bonchev–Trinajstić information content (AvgIpc) is 2.15. The zero-order valence-electron chi connectivity index (χ0n) is 9.21. The Morgan fingerprint density at radius 1 is 1.56 bits per heavy atom. The van der Waals surface area contributed by atoms with E-state index in [1.54, 1.807) is 0 Å². The van der Waals surface area contributed by atoms with Crippen LogP contribution >= 0.6 is 11.6 Å². The third-order valence-electron chi connectivity index (χ3n) is 1.63. The van der Waals surface area contributed by atoms with Gasteiger partial charge in [0.15, 0.2) is 5.82 Å². The van der Waals surface area contributed by atoms with Gasteiger partial charge in [-0.05, 0) is 39.1 Å². The van der Waals surface area contributed by atoms with Crippen LogP contribution in [0, 0.1) is 0 Å². The quantitative estimate of drug-likeness (QED) is 0.454. The third-order valence-corrected chi connectivity index (χ3v) is 1.83. The van der Waals surface area contributed by atoms with Crippen LogP contribution in [0.25, 0.3) is 0 Å². The van der Waals surface area contributed by atoms with E-state index in [0.29, 0.717) is 0 Å². The minimum atomic E-state index is -1.37. The number of rotatable bonds is 4. The highest BCUT2D eigenvalue weighted by Crippen LogP contribution is 2.12. The fraction of sp³-hybridized carbons (Fsp3) is 0.444. The zero-order valence-corrected chi connectivity index (χ0v) is 9.97. The number of aliphatic carboxylic acids is 1. The highest BCUT2D eigenvalue weighted by atomic mass is 35.5. The van der Waals surface area contributed by atoms with Crippen LogP contribution in [0.4, 0.5) is 4.39 Å². The van der Waals surface area contributed by atoms with Gasteiger partial charge in [-0.3, -0.25) is 0 Å². The van der Waals surface area contributed by atoms with Gasteiger partial charge in [0, 0.05) is 0 Å². The Bertz CT molecular complexity index is 360. The second kappa shape index (κ2) is 5.60. The molecule has 0 aromatic heterocycles. The minimum absolute atomic E-state index is 0.277. The Morgan fingerprint density at radius 3 is 2.38 bits per heavy atom. The molecule has 0 rings (SSSR count). The maximum Gasteiger partial charge on any atom is 0.328 e. The lowest BCUT2D eigenvalue weighted by atomic mass is 10.1. The molecule has 0 aromatic rings. The van der Waals surface area contributed by atoms with E-state index >= 15 is 0 Å². The van der Waals surface area contributed by atoms with Crippen LogP contribution in [0.1, 0.15) is 20.8 Å². The molecule has 0 bridgehead atoms. The van der Waals surface area contributed by atoms with Gasteiger partial charge in [0.05, 0.1) is 0 Å². The van der Waals surface area contributed by atoms with Crippen molar-refractivity contribution < 1.29 is 14.3 Å². The summed E-state index contributed by atoms with van der Waals surface area (Å²) in [4.78, 5) is 17.6. The summed E-state index contributed by atoms with van der Waals surface area (Å²) in [5.41, 5.74) is -1.37. The van der Waals surface area contributed by atoms with Crippen molar-refractivity contribution in [3.63, 3.8) is 0 Å². The van der Waals surface area contributed by atoms with Crippen LogP contribution in [0.5, 0.6) is 0 Å². The zero-order chi connectivity index (χ0) is 12.9. The number of hydrogen-bond donors (Lipinski definition) is 2. The molecule has 0 atom stereocenters. The first-order chi connectivity index (χ1) is 7.20. The van der Waals surface area contributed by atoms with Crippen molar-refractivity contribution in [1.82, 2.24) is 5.32 Å². The van der Waals surface area contributed by atoms with Crippen LogP contribution in [-0.4, -0.2) is 28.6 Å². The Morgan fingerprint density at radius 2 is 2.06 bits per heavy atom. The van der Waals surface area contributed by atoms with Gasteiger partial charge < -0.3 is 10.4 Å². The summed E-state index contributed by atoms with van der Waals surface area (Å²) in [6.45, 7) is 6.95. The van der Waals surface area contributed by atoms with Crippen LogP contribution in [0.15, 0.2) is 21.6 Å². The predicted molar refractivity (Wildman–Crippen MR) is 61.5 cm³/mol. The van der Waals surface area contributed by atoms with Crippen molar-refractivity contribution in [2.45, 2.75) is 26.3 Å². The normalized spacial score (nSPS) is 14.2. The minimum Gasteiger partial charge on any atom is -0.480 e. The van der Waals surface area contributed by atoms with Crippen molar-refractivity contribution in [2.24, 2.45) is 9.98 Å². The summed E-state index contributed by atoms with van der Waals surface area (Å²) in [7, 11) is 0. The lowest BCUT2D eigenvalue weighted by molar-refractivity contribution is -0.143. The molecule has 0 aromatic carbocycles. The van der Waals surface area contributed by atoms with E-state index < -0.39 is 17.3 Å². The topological polar surface area (TPSA) is 74.0 Å². The molecule has 0 amide bonds. The number of carboxylic acids is 1. The molecule has 5 nitrogen and oxygen atoms in total. The number of amidine groups is 1. The van der Waals surface area contributed by atoms with Gasteiger partial charge in [-0.25, -0.2) is 14.2 Å². The fourth-order valence-electron chi connectivity index (χ4n) is 0.668. The second-order valence-corrected chi connectivity index (χ2v) is 3.81. The Hall–Kier alpha value is -1.43. The van der Waals surface area contributed by atoms with Crippen LogP contribution in [0.3, 0.4) is 0 Å². The molecular weight excluding hydrogens is 237 g/mol. The Labute approximate surface area is 97.7 Å². The fourth-order valence-corrected chi connectivity index (χ4v) is 0.753. The predicted octanol–water partition coefficient (Wildman–Crippen LogP) is 1.89. The molecule has 0 heterocycles. The van der Waals surface area contributed by atoms with Crippen molar-refractivity contribution >= 4 is 29.6 Å². The van der Waals surface area contributed by atoms with Crippen LogP contribution in [-0.2, 0) is 4.79 Å². The van der Waals surface area contributed by atoms with Gasteiger partial charge in [-0.15, -0.1) is 0 Å². The van der Waals surface area contributed by atoms with Gasteiger partial charge in [-0.1, -0.05) is 0 Å². The molecule has 7 heteroatoms. The molecule has 0 unspecified atom stereocenters. The van der Waals surface area contributed by atoms with Crippen molar-refractivity contribution in [3.05, 3.63) is 11.6 Å². The van der Waals surface area contributed by atoms with Crippen molar-refractivity contribution in [3.8, 4) is 0 Å². The number of nitrogens with zero attached hydrogens (tertiary/aromatic N) is 2. The van der Waals surface area contributed by atoms with E-state index in [-0.39, 0.29) is 11.1 Å². The van der Waals surface area contributed by atoms with Crippen LogP contribution in [0.2, 0.25) is 0 Å². The molecule has 0 aliphatic carbocycles. The van der Waals surface area contributed by atoms with E-state index in [9.17, 15) is 9.18 Å². The van der Waals surface area contributed by atoms with Gasteiger partial charge in [0.2, 0.25) is 5.29 Å². The smallest absolute Gasteiger partial charge is 0.328 e. The highest BCUT2D eigenvalue weighted by molar-refractivity contribution is 6.65. The first-order valence-corrected chi connectivity index (χ1v) is 4.67. The summed E-state index contributed by atoms with van der Waals surface area (Å²) < 4.78 is 13.1. The third kappa shape index (κ3) is 4.39. The molecule has 0 spiro atoms. The summed E-state index contributed by atoms with van der Waals surface area (Å²) in [5, 5.41) is 11.0. The molecule has 90 valence electrons. The van der Waals surface area contributed by atoms with Gasteiger partial charge in [0.25, 0.3) is 0 Å². The molecule has 2 N–H and O–H groups in total. The molecule has 0 saturated heterocycles. The molecule has 0 saturated carbocycles. The molecule has 0 aliphatic rings. The first kappa shape index (κ1) is 14.6. The number of hydrogen-bond acceptors (Lipinski definition) is 3. The van der Waals surface area contributed by atoms with Crippen molar-refractivity contribution in [2.75, 3.05) is 0 Å². The summed E-state index contributed by atoms with van der Waals surface area (Å²) >= 11 is 5.45. The summed E-state index contributed by atoms with van der Waals surface area (Å²) in [6.07, 6.45) is 0. The number of halogens is 2. The maximum absolute atomic E-state index is 13.1. The molecule has 0 aliphatic heterocycles. The molecule has 16 heavy (non-hydrogen) atoms. The molecule has 0 fully saturated rings. The lowest BCUT2D eigenvalue weighted by Crippen LogP contribution is -2.46. The number of carboxylic acid groups (broad SMARTS) is 1.